The van der Waals surface area contributed by atoms with Gasteiger partial charge in [-0.3, -0.25) is 0 Å². The Morgan fingerprint density at radius 1 is 1.17 bits per heavy atom. The topological polar surface area (TPSA) is 29.5 Å². The van der Waals surface area contributed by atoms with E-state index in [2.05, 4.69) is 0 Å². The van der Waals surface area contributed by atoms with E-state index < -0.39 is 29.9 Å². The van der Waals surface area contributed by atoms with Crippen molar-refractivity contribution in [1.29, 1.82) is 0 Å². The van der Waals surface area contributed by atoms with Gasteiger partial charge in [0.2, 0.25) is 0 Å². The fourth-order valence-electron chi connectivity index (χ4n) is 3.28. The highest BCUT2D eigenvalue weighted by Gasteiger charge is 2.56. The van der Waals surface area contributed by atoms with Crippen molar-refractivity contribution in [1.82, 2.24) is 0 Å². The van der Waals surface area contributed by atoms with Crippen molar-refractivity contribution < 1.29 is 23.0 Å². The minimum absolute atomic E-state index is 0.348. The maximum Gasteiger partial charge on any atom is 0.414 e. The lowest BCUT2D eigenvalue weighted by Crippen LogP contribution is -2.59. The van der Waals surface area contributed by atoms with Crippen LogP contribution in [0, 0.1) is 5.41 Å². The van der Waals surface area contributed by atoms with Gasteiger partial charge >= 0.3 is 6.18 Å². The standard InChI is InChI=1S/C13H21F3O2/c1-9(13(14,15)16)18-11-8-10(17)12(11)6-4-2-3-5-7-12/h9-11,17H,2-8H2,1H3. The van der Waals surface area contributed by atoms with Gasteiger partial charge in [-0.1, -0.05) is 25.7 Å². The van der Waals surface area contributed by atoms with Crippen LogP contribution in [0.2, 0.25) is 0 Å². The number of alkyl halides is 3. The Balaban J connectivity index is 2.01. The second-order valence-electron chi connectivity index (χ2n) is 5.71. The SMILES string of the molecule is CC(OC1CC(O)C12CCCCCC2)C(F)(F)F. The summed E-state index contributed by atoms with van der Waals surface area (Å²) in [6, 6.07) is 0. The van der Waals surface area contributed by atoms with Gasteiger partial charge in [0.1, 0.15) is 0 Å². The summed E-state index contributed by atoms with van der Waals surface area (Å²) >= 11 is 0. The number of ether oxygens (including phenoxy) is 1. The summed E-state index contributed by atoms with van der Waals surface area (Å²) in [5.41, 5.74) is -0.407. The Morgan fingerprint density at radius 3 is 2.17 bits per heavy atom. The van der Waals surface area contributed by atoms with Gasteiger partial charge < -0.3 is 9.84 Å². The van der Waals surface area contributed by atoms with Crippen LogP contribution in [0.25, 0.3) is 0 Å². The van der Waals surface area contributed by atoms with E-state index in [0.717, 1.165) is 45.4 Å². The summed E-state index contributed by atoms with van der Waals surface area (Å²) in [7, 11) is 0. The van der Waals surface area contributed by atoms with Crippen molar-refractivity contribution in [2.24, 2.45) is 5.41 Å². The fourth-order valence-corrected chi connectivity index (χ4v) is 3.28. The lowest BCUT2D eigenvalue weighted by Gasteiger charge is -2.54. The van der Waals surface area contributed by atoms with Crippen LogP contribution in [0.1, 0.15) is 51.9 Å². The Labute approximate surface area is 106 Å². The Hall–Kier alpha value is -0.290. The molecule has 1 N–H and O–H groups in total. The van der Waals surface area contributed by atoms with E-state index in [4.69, 9.17) is 4.74 Å². The normalized spacial score (nSPS) is 33.8. The van der Waals surface area contributed by atoms with Crippen molar-refractivity contribution in [3.8, 4) is 0 Å². The minimum atomic E-state index is -4.31. The summed E-state index contributed by atoms with van der Waals surface area (Å²) in [5.74, 6) is 0. The molecule has 0 aliphatic heterocycles. The van der Waals surface area contributed by atoms with Gasteiger partial charge in [-0.25, -0.2) is 0 Å². The van der Waals surface area contributed by atoms with Gasteiger partial charge in [0, 0.05) is 11.8 Å². The molecule has 0 bridgehead atoms. The molecule has 5 heteroatoms. The first kappa shape index (κ1) is 14.1. The maximum atomic E-state index is 12.5. The van der Waals surface area contributed by atoms with Gasteiger partial charge in [0.05, 0.1) is 12.2 Å². The lowest BCUT2D eigenvalue weighted by atomic mass is 9.59. The van der Waals surface area contributed by atoms with Crippen LogP contribution < -0.4 is 0 Å². The average molecular weight is 266 g/mol. The molecule has 2 rings (SSSR count). The first-order valence-electron chi connectivity index (χ1n) is 6.76. The molecule has 106 valence electrons. The molecule has 2 fully saturated rings. The minimum Gasteiger partial charge on any atom is -0.392 e. The van der Waals surface area contributed by atoms with Crippen LogP contribution in [-0.4, -0.2) is 29.6 Å². The molecule has 0 aromatic rings. The van der Waals surface area contributed by atoms with Crippen LogP contribution in [0.3, 0.4) is 0 Å². The van der Waals surface area contributed by atoms with Crippen molar-refractivity contribution in [3.05, 3.63) is 0 Å². The first-order valence-corrected chi connectivity index (χ1v) is 6.76. The quantitative estimate of drug-likeness (QED) is 0.829. The lowest BCUT2D eigenvalue weighted by molar-refractivity contribution is -0.278. The zero-order chi connectivity index (χ0) is 13.4. The smallest absolute Gasteiger partial charge is 0.392 e. The van der Waals surface area contributed by atoms with Crippen LogP contribution in [0.5, 0.6) is 0 Å². The van der Waals surface area contributed by atoms with Crippen LogP contribution >= 0.6 is 0 Å². The summed E-state index contributed by atoms with van der Waals surface area (Å²) < 4.78 is 42.7. The maximum absolute atomic E-state index is 12.5. The third kappa shape index (κ3) is 2.52. The van der Waals surface area contributed by atoms with E-state index in [0.29, 0.717) is 6.42 Å². The van der Waals surface area contributed by atoms with E-state index >= 15 is 0 Å². The molecule has 2 saturated carbocycles. The van der Waals surface area contributed by atoms with Crippen molar-refractivity contribution in [2.75, 3.05) is 0 Å². The Kier molecular flexibility index (Phi) is 3.93. The summed E-state index contributed by atoms with van der Waals surface area (Å²) in [4.78, 5) is 0. The Morgan fingerprint density at radius 2 is 1.72 bits per heavy atom. The fraction of sp³-hybridized carbons (Fsp3) is 1.00. The van der Waals surface area contributed by atoms with E-state index in [9.17, 15) is 18.3 Å². The molecule has 3 atom stereocenters. The number of aliphatic hydroxyl groups is 1. The summed E-state index contributed by atoms with van der Waals surface area (Å²) in [6.45, 7) is 1.05. The highest BCUT2D eigenvalue weighted by molar-refractivity contribution is 5.05. The molecule has 1 spiro atoms. The second-order valence-corrected chi connectivity index (χ2v) is 5.71. The van der Waals surface area contributed by atoms with Crippen molar-refractivity contribution in [2.45, 2.75) is 76.4 Å². The predicted octanol–water partition coefficient (Wildman–Crippen LogP) is 3.43. The number of halogens is 3. The number of hydrogen-bond acceptors (Lipinski definition) is 2. The molecular weight excluding hydrogens is 245 g/mol. The monoisotopic (exact) mass is 266 g/mol. The number of hydrogen-bond donors (Lipinski definition) is 1. The van der Waals surface area contributed by atoms with Gasteiger partial charge in [-0.15, -0.1) is 0 Å². The third-order valence-electron chi connectivity index (χ3n) is 4.61. The van der Waals surface area contributed by atoms with Gasteiger partial charge in [-0.05, 0) is 19.8 Å². The van der Waals surface area contributed by atoms with Gasteiger partial charge in [-0.2, -0.15) is 13.2 Å². The summed E-state index contributed by atoms with van der Waals surface area (Å²) in [5, 5.41) is 9.97. The highest BCUT2D eigenvalue weighted by atomic mass is 19.4. The first-order chi connectivity index (χ1) is 8.36. The molecule has 2 aliphatic carbocycles. The van der Waals surface area contributed by atoms with E-state index in [1.54, 1.807) is 0 Å². The molecule has 18 heavy (non-hydrogen) atoms. The van der Waals surface area contributed by atoms with Crippen LogP contribution in [0.15, 0.2) is 0 Å². The zero-order valence-corrected chi connectivity index (χ0v) is 10.7. The van der Waals surface area contributed by atoms with Crippen molar-refractivity contribution in [3.63, 3.8) is 0 Å². The van der Waals surface area contributed by atoms with E-state index in [-0.39, 0.29) is 0 Å². The number of rotatable bonds is 2. The Bertz CT molecular complexity index is 282. The highest BCUT2D eigenvalue weighted by Crippen LogP contribution is 2.53. The third-order valence-corrected chi connectivity index (χ3v) is 4.61. The molecule has 3 unspecified atom stereocenters. The molecule has 0 aromatic carbocycles. The van der Waals surface area contributed by atoms with E-state index in [1.807, 2.05) is 0 Å². The van der Waals surface area contributed by atoms with Crippen LogP contribution in [-0.2, 0) is 4.74 Å². The molecule has 0 amide bonds. The molecule has 0 radical (unpaired) electrons. The molecular formula is C13H21F3O2. The average Bonchev–Trinajstić information content (AvgIpc) is 2.54. The van der Waals surface area contributed by atoms with Crippen molar-refractivity contribution >= 4 is 0 Å². The predicted molar refractivity (Wildman–Crippen MR) is 61.1 cm³/mol. The summed E-state index contributed by atoms with van der Waals surface area (Å²) in [6.07, 6.45) is -0.848. The number of aliphatic hydroxyl groups excluding tert-OH is 1. The van der Waals surface area contributed by atoms with E-state index in [1.165, 1.54) is 0 Å². The molecule has 0 saturated heterocycles. The van der Waals surface area contributed by atoms with Crippen LogP contribution in [0.4, 0.5) is 13.2 Å². The van der Waals surface area contributed by atoms with Gasteiger partial charge in [0.25, 0.3) is 0 Å². The molecule has 2 aliphatic rings. The largest absolute Gasteiger partial charge is 0.414 e. The molecule has 2 nitrogen and oxygen atoms in total. The zero-order valence-electron chi connectivity index (χ0n) is 10.7. The molecule has 0 aromatic heterocycles. The second kappa shape index (κ2) is 5.00. The molecule has 0 heterocycles. The van der Waals surface area contributed by atoms with Gasteiger partial charge in [0.15, 0.2) is 6.10 Å².